The zero-order valence-electron chi connectivity index (χ0n) is 14.1. The van der Waals surface area contributed by atoms with Crippen LogP contribution in [0.4, 0.5) is 5.82 Å². The molecule has 0 amide bonds. The zero-order chi connectivity index (χ0) is 19.4. The Kier molecular flexibility index (Phi) is 5.78. The summed E-state index contributed by atoms with van der Waals surface area (Å²) in [4.78, 5) is 47.7. The fourth-order valence-electron chi connectivity index (χ4n) is 2.15. The van der Waals surface area contributed by atoms with Crippen molar-refractivity contribution in [3.05, 3.63) is 67.3 Å². The van der Waals surface area contributed by atoms with Crippen molar-refractivity contribution in [1.82, 2.24) is 9.13 Å². The van der Waals surface area contributed by atoms with Crippen LogP contribution in [-0.2, 0) is 23.6 Å². The van der Waals surface area contributed by atoms with Gasteiger partial charge in [0.25, 0.3) is 5.56 Å². The van der Waals surface area contributed by atoms with Gasteiger partial charge in [-0.15, -0.1) is 0 Å². The van der Waals surface area contributed by atoms with Crippen LogP contribution in [0.3, 0.4) is 0 Å². The van der Waals surface area contributed by atoms with E-state index < -0.39 is 35.2 Å². The molecule has 1 aromatic carbocycles. The minimum Gasteiger partial charge on any atom is -0.454 e. The molecule has 0 spiro atoms. The molecule has 0 atom stereocenters. The van der Waals surface area contributed by atoms with Gasteiger partial charge in [0.05, 0.1) is 0 Å². The second-order valence-electron chi connectivity index (χ2n) is 5.39. The summed E-state index contributed by atoms with van der Waals surface area (Å²) in [7, 11) is 2.55. The first-order valence-corrected chi connectivity index (χ1v) is 7.79. The number of hydrogen-bond donors (Lipinski definition) is 1. The lowest BCUT2D eigenvalue weighted by Crippen LogP contribution is -2.42. The van der Waals surface area contributed by atoms with Crippen molar-refractivity contribution in [1.29, 1.82) is 0 Å². The van der Waals surface area contributed by atoms with E-state index in [2.05, 4.69) is 0 Å². The number of esters is 1. The normalized spacial score (nSPS) is 10.9. The van der Waals surface area contributed by atoms with Crippen LogP contribution in [0.15, 0.2) is 39.9 Å². The highest BCUT2D eigenvalue weighted by Gasteiger charge is 2.21. The average Bonchev–Trinajstić information content (AvgIpc) is 2.61. The Hall–Kier alpha value is -3.13. The molecule has 0 saturated heterocycles. The third-order valence-electron chi connectivity index (χ3n) is 3.59. The number of benzene rings is 1. The topological polar surface area (TPSA) is 113 Å². The van der Waals surface area contributed by atoms with Gasteiger partial charge in [0.1, 0.15) is 11.4 Å². The molecule has 9 heteroatoms. The molecule has 26 heavy (non-hydrogen) atoms. The first kappa shape index (κ1) is 19.2. The van der Waals surface area contributed by atoms with Crippen LogP contribution in [0.25, 0.3) is 6.08 Å². The van der Waals surface area contributed by atoms with E-state index >= 15 is 0 Å². The molecule has 2 N–H and O–H groups in total. The number of ketones is 1. The summed E-state index contributed by atoms with van der Waals surface area (Å²) in [6.45, 7) is -0.684. The fraction of sp³-hybridized carbons (Fsp3) is 0.176. The van der Waals surface area contributed by atoms with Crippen molar-refractivity contribution >= 4 is 35.2 Å². The summed E-state index contributed by atoms with van der Waals surface area (Å²) in [5.41, 5.74) is 4.44. The monoisotopic (exact) mass is 377 g/mol. The van der Waals surface area contributed by atoms with E-state index in [0.717, 1.165) is 15.2 Å². The maximum atomic E-state index is 12.2. The number of rotatable bonds is 5. The molecule has 0 radical (unpaired) electrons. The Morgan fingerprint density at radius 3 is 2.58 bits per heavy atom. The SMILES string of the molecule is Cn1c(N)c(C(=O)COC(=O)C=Cc2cccc(Cl)c2)c(=O)n(C)c1=O. The van der Waals surface area contributed by atoms with E-state index in [0.29, 0.717) is 10.6 Å². The minimum absolute atomic E-state index is 0.284. The van der Waals surface area contributed by atoms with Crippen molar-refractivity contribution in [3.63, 3.8) is 0 Å². The highest BCUT2D eigenvalue weighted by atomic mass is 35.5. The van der Waals surface area contributed by atoms with Crippen LogP contribution in [0.2, 0.25) is 5.02 Å². The summed E-state index contributed by atoms with van der Waals surface area (Å²) in [6.07, 6.45) is 2.60. The number of Topliss-reactive ketones (excluding diaryl/α,β-unsaturated/α-hetero) is 1. The van der Waals surface area contributed by atoms with Gasteiger partial charge in [-0.05, 0) is 23.8 Å². The van der Waals surface area contributed by atoms with Gasteiger partial charge < -0.3 is 10.5 Å². The molecule has 1 aromatic heterocycles. The summed E-state index contributed by atoms with van der Waals surface area (Å²) in [5.74, 6) is -1.87. The van der Waals surface area contributed by atoms with Crippen molar-refractivity contribution < 1.29 is 14.3 Å². The molecule has 8 nitrogen and oxygen atoms in total. The Morgan fingerprint density at radius 2 is 1.92 bits per heavy atom. The number of nitrogens with zero attached hydrogens (tertiary/aromatic N) is 2. The minimum atomic E-state index is -0.846. The molecule has 0 unspecified atom stereocenters. The van der Waals surface area contributed by atoms with E-state index in [4.69, 9.17) is 22.1 Å². The number of hydrogen-bond acceptors (Lipinski definition) is 6. The van der Waals surface area contributed by atoms with Crippen LogP contribution in [0, 0.1) is 0 Å². The smallest absolute Gasteiger partial charge is 0.332 e. The Bertz CT molecular complexity index is 1020. The molecule has 0 saturated carbocycles. The number of carbonyl (C=O) groups excluding carboxylic acids is 2. The fourth-order valence-corrected chi connectivity index (χ4v) is 2.35. The largest absolute Gasteiger partial charge is 0.454 e. The molecule has 2 rings (SSSR count). The number of nitrogens with two attached hydrogens (primary N) is 1. The van der Waals surface area contributed by atoms with E-state index in [1.165, 1.54) is 20.2 Å². The van der Waals surface area contributed by atoms with Gasteiger partial charge in [0.2, 0.25) is 5.78 Å². The molecule has 0 aliphatic rings. The van der Waals surface area contributed by atoms with Gasteiger partial charge in [-0.3, -0.25) is 18.7 Å². The predicted octanol–water partition coefficient (Wildman–Crippen LogP) is 0.759. The quantitative estimate of drug-likeness (QED) is 0.467. The molecule has 136 valence electrons. The highest BCUT2D eigenvalue weighted by molar-refractivity contribution is 6.30. The molecule has 0 fully saturated rings. The van der Waals surface area contributed by atoms with Crippen LogP contribution in [0.1, 0.15) is 15.9 Å². The lowest BCUT2D eigenvalue weighted by atomic mass is 10.2. The lowest BCUT2D eigenvalue weighted by molar-refractivity contribution is -0.136. The third kappa shape index (κ3) is 4.09. The van der Waals surface area contributed by atoms with E-state index in [9.17, 15) is 19.2 Å². The van der Waals surface area contributed by atoms with Crippen LogP contribution >= 0.6 is 11.6 Å². The van der Waals surface area contributed by atoms with E-state index in [-0.39, 0.29) is 5.82 Å². The van der Waals surface area contributed by atoms with Crippen molar-refractivity contribution in [3.8, 4) is 0 Å². The number of nitrogen functional groups attached to an aromatic ring is 1. The predicted molar refractivity (Wildman–Crippen MR) is 97.1 cm³/mol. The maximum absolute atomic E-state index is 12.2. The van der Waals surface area contributed by atoms with Gasteiger partial charge >= 0.3 is 11.7 Å². The third-order valence-corrected chi connectivity index (χ3v) is 3.83. The summed E-state index contributed by atoms with van der Waals surface area (Å²) in [5, 5.41) is 0.511. The van der Waals surface area contributed by atoms with Crippen LogP contribution in [0.5, 0.6) is 0 Å². The zero-order valence-corrected chi connectivity index (χ0v) is 14.8. The molecular weight excluding hydrogens is 362 g/mol. The molecule has 0 bridgehead atoms. The Balaban J connectivity index is 2.11. The van der Waals surface area contributed by atoms with Gasteiger partial charge in [-0.2, -0.15) is 0 Å². The summed E-state index contributed by atoms with van der Waals surface area (Å²) >= 11 is 5.83. The number of anilines is 1. The van der Waals surface area contributed by atoms with Crippen molar-refractivity contribution in [2.45, 2.75) is 0 Å². The van der Waals surface area contributed by atoms with Gasteiger partial charge in [-0.25, -0.2) is 9.59 Å². The van der Waals surface area contributed by atoms with Crippen LogP contribution < -0.4 is 17.0 Å². The number of carbonyl (C=O) groups is 2. The highest BCUT2D eigenvalue weighted by Crippen LogP contribution is 2.12. The standard InChI is InChI=1S/C17H16ClN3O5/c1-20-15(19)14(16(24)21(2)17(20)25)12(22)9-26-13(23)7-6-10-4-3-5-11(18)8-10/h3-8H,9,19H2,1-2H3. The first-order chi connectivity index (χ1) is 12.2. The second-order valence-corrected chi connectivity index (χ2v) is 5.82. The van der Waals surface area contributed by atoms with Gasteiger partial charge in [0.15, 0.2) is 6.61 Å². The van der Waals surface area contributed by atoms with E-state index in [1.807, 2.05) is 0 Å². The molecule has 2 aromatic rings. The number of aromatic nitrogens is 2. The lowest BCUT2D eigenvalue weighted by Gasteiger charge is -2.10. The molecule has 0 aliphatic heterocycles. The van der Waals surface area contributed by atoms with Crippen molar-refractivity contribution in [2.24, 2.45) is 14.1 Å². The average molecular weight is 378 g/mol. The number of ether oxygens (including phenoxy) is 1. The molecular formula is C17H16ClN3O5. The van der Waals surface area contributed by atoms with Crippen LogP contribution in [-0.4, -0.2) is 27.5 Å². The summed E-state index contributed by atoms with van der Waals surface area (Å²) in [6, 6.07) is 6.78. The van der Waals surface area contributed by atoms with Gasteiger partial charge in [0, 0.05) is 25.2 Å². The number of halogens is 1. The first-order valence-electron chi connectivity index (χ1n) is 7.41. The Labute approximate surface area is 153 Å². The van der Waals surface area contributed by atoms with E-state index in [1.54, 1.807) is 24.3 Å². The maximum Gasteiger partial charge on any atom is 0.332 e. The molecule has 0 aliphatic carbocycles. The van der Waals surface area contributed by atoms with Gasteiger partial charge in [-0.1, -0.05) is 23.7 Å². The van der Waals surface area contributed by atoms with Crippen molar-refractivity contribution in [2.75, 3.05) is 12.3 Å². The Morgan fingerprint density at radius 1 is 1.23 bits per heavy atom. The molecule has 1 heterocycles. The summed E-state index contributed by atoms with van der Waals surface area (Å²) < 4.78 is 6.55. The second kappa shape index (κ2) is 7.83.